The molecule has 0 saturated heterocycles. The molecule has 0 amide bonds. The lowest BCUT2D eigenvalue weighted by atomic mass is 10.1. The summed E-state index contributed by atoms with van der Waals surface area (Å²) in [5, 5.41) is 6.56. The second-order valence-electron chi connectivity index (χ2n) is 5.53. The van der Waals surface area contributed by atoms with Crippen molar-refractivity contribution in [1.29, 1.82) is 0 Å². The summed E-state index contributed by atoms with van der Waals surface area (Å²) >= 11 is 0. The third-order valence-electron chi connectivity index (χ3n) is 3.63. The van der Waals surface area contributed by atoms with E-state index in [0.717, 1.165) is 29.5 Å². The monoisotopic (exact) mass is 324 g/mol. The van der Waals surface area contributed by atoms with E-state index in [4.69, 9.17) is 0 Å². The maximum absolute atomic E-state index is 11.5. The van der Waals surface area contributed by atoms with E-state index in [1.807, 2.05) is 24.3 Å². The summed E-state index contributed by atoms with van der Waals surface area (Å²) in [7, 11) is -0.0371. The topological polar surface area (TPSA) is 82.6 Å². The molecule has 0 atom stereocenters. The van der Waals surface area contributed by atoms with Gasteiger partial charge in [-0.1, -0.05) is 24.3 Å². The predicted octanol–water partition coefficient (Wildman–Crippen LogP) is 0.811. The third-order valence-corrected chi connectivity index (χ3v) is 4.96. The molecular formula is C15H24N4O2S. The lowest BCUT2D eigenvalue weighted by Gasteiger charge is -2.12. The number of hydrogen-bond donors (Lipinski definition) is 3. The van der Waals surface area contributed by atoms with Crippen molar-refractivity contribution in [3.05, 3.63) is 35.4 Å². The van der Waals surface area contributed by atoms with Crippen LogP contribution < -0.4 is 15.4 Å². The van der Waals surface area contributed by atoms with Gasteiger partial charge in [-0.3, -0.25) is 4.99 Å². The molecule has 1 saturated carbocycles. The average Bonchev–Trinajstić information content (AvgIpc) is 3.33. The van der Waals surface area contributed by atoms with Crippen molar-refractivity contribution in [2.24, 2.45) is 10.9 Å². The van der Waals surface area contributed by atoms with Crippen molar-refractivity contribution >= 4 is 16.0 Å². The molecule has 0 unspecified atom stereocenters. The number of hydrogen-bond acceptors (Lipinski definition) is 3. The fraction of sp³-hybridized carbons (Fsp3) is 0.533. The van der Waals surface area contributed by atoms with Crippen molar-refractivity contribution < 1.29 is 8.42 Å². The minimum Gasteiger partial charge on any atom is -0.356 e. The number of sulfonamides is 1. The smallest absolute Gasteiger partial charge is 0.215 e. The van der Waals surface area contributed by atoms with Gasteiger partial charge >= 0.3 is 0 Å². The molecule has 0 radical (unpaired) electrons. The Bertz CT molecular complexity index is 607. The first-order chi connectivity index (χ1) is 10.5. The molecule has 1 aromatic rings. The molecule has 0 heterocycles. The fourth-order valence-electron chi connectivity index (χ4n) is 2.01. The second kappa shape index (κ2) is 7.60. The van der Waals surface area contributed by atoms with Crippen LogP contribution >= 0.6 is 0 Å². The zero-order valence-corrected chi connectivity index (χ0v) is 13.9. The summed E-state index contributed by atoms with van der Waals surface area (Å²) in [6, 6.07) is 7.54. The number of aliphatic imine (C=N–C) groups is 1. The van der Waals surface area contributed by atoms with E-state index < -0.39 is 10.0 Å². The van der Waals surface area contributed by atoms with E-state index in [9.17, 15) is 8.42 Å². The fourth-order valence-corrected chi connectivity index (χ4v) is 2.79. The second-order valence-corrected chi connectivity index (χ2v) is 7.46. The summed E-state index contributed by atoms with van der Waals surface area (Å²) in [5.41, 5.74) is 1.86. The molecule has 122 valence electrons. The van der Waals surface area contributed by atoms with Crippen LogP contribution in [0.3, 0.4) is 0 Å². The minimum atomic E-state index is -3.22. The molecule has 1 aliphatic carbocycles. The van der Waals surface area contributed by atoms with Crippen LogP contribution in [0.5, 0.6) is 0 Å². The van der Waals surface area contributed by atoms with Gasteiger partial charge in [0.1, 0.15) is 0 Å². The van der Waals surface area contributed by atoms with Gasteiger partial charge in [0.05, 0.1) is 5.75 Å². The van der Waals surface area contributed by atoms with E-state index in [0.29, 0.717) is 6.54 Å². The molecule has 1 fully saturated rings. The summed E-state index contributed by atoms with van der Waals surface area (Å²) in [6.45, 7) is 1.63. The highest BCUT2D eigenvalue weighted by Gasteiger charge is 2.20. The average molecular weight is 324 g/mol. The molecule has 7 heteroatoms. The van der Waals surface area contributed by atoms with Crippen LogP contribution in [0.15, 0.2) is 29.3 Å². The van der Waals surface area contributed by atoms with E-state index in [1.165, 1.54) is 19.9 Å². The van der Waals surface area contributed by atoms with Gasteiger partial charge in [0.15, 0.2) is 5.96 Å². The summed E-state index contributed by atoms with van der Waals surface area (Å²) in [6.07, 6.45) is 2.61. The van der Waals surface area contributed by atoms with Crippen LogP contribution in [0.25, 0.3) is 0 Å². The number of nitrogens with one attached hydrogen (secondary N) is 3. The lowest BCUT2D eigenvalue weighted by Crippen LogP contribution is -2.37. The van der Waals surface area contributed by atoms with Gasteiger partial charge in [-0.15, -0.1) is 0 Å². The molecule has 0 spiro atoms. The standard InChI is InChI=1S/C15H24N4O2S/c1-16-15(18-9-12-3-4-12)19-10-13-5-7-14(8-6-13)11-22(20,21)17-2/h5-8,12,17H,3-4,9-11H2,1-2H3,(H2,16,18,19). The number of nitrogens with zero attached hydrogens (tertiary/aromatic N) is 1. The van der Waals surface area contributed by atoms with E-state index >= 15 is 0 Å². The highest BCUT2D eigenvalue weighted by atomic mass is 32.2. The molecule has 6 nitrogen and oxygen atoms in total. The van der Waals surface area contributed by atoms with Crippen molar-refractivity contribution in [3.8, 4) is 0 Å². The number of benzene rings is 1. The molecule has 1 aromatic carbocycles. The van der Waals surface area contributed by atoms with Gasteiger partial charge in [0.2, 0.25) is 10.0 Å². The van der Waals surface area contributed by atoms with Gasteiger partial charge in [-0.25, -0.2) is 13.1 Å². The maximum atomic E-state index is 11.5. The first-order valence-electron chi connectivity index (χ1n) is 7.46. The highest BCUT2D eigenvalue weighted by molar-refractivity contribution is 7.88. The van der Waals surface area contributed by atoms with Crippen LogP contribution in [-0.4, -0.2) is 35.0 Å². The Morgan fingerprint density at radius 2 is 1.82 bits per heavy atom. The van der Waals surface area contributed by atoms with Crippen LogP contribution in [0, 0.1) is 5.92 Å². The Hall–Kier alpha value is -1.60. The van der Waals surface area contributed by atoms with E-state index in [-0.39, 0.29) is 5.75 Å². The van der Waals surface area contributed by atoms with Gasteiger partial charge in [-0.05, 0) is 36.9 Å². The Labute approximate surface area is 132 Å². The van der Waals surface area contributed by atoms with Crippen molar-refractivity contribution in [2.45, 2.75) is 25.1 Å². The van der Waals surface area contributed by atoms with Crippen LogP contribution in [0.4, 0.5) is 0 Å². The lowest BCUT2D eigenvalue weighted by molar-refractivity contribution is 0.587. The molecule has 2 rings (SSSR count). The molecular weight excluding hydrogens is 300 g/mol. The third kappa shape index (κ3) is 5.65. The molecule has 3 N–H and O–H groups in total. The quantitative estimate of drug-likeness (QED) is 0.512. The largest absolute Gasteiger partial charge is 0.356 e. The van der Waals surface area contributed by atoms with Crippen LogP contribution in [0.1, 0.15) is 24.0 Å². The van der Waals surface area contributed by atoms with Gasteiger partial charge in [0.25, 0.3) is 0 Å². The minimum absolute atomic E-state index is 0.00181. The van der Waals surface area contributed by atoms with Gasteiger partial charge < -0.3 is 10.6 Å². The van der Waals surface area contributed by atoms with Gasteiger partial charge in [-0.2, -0.15) is 0 Å². The number of guanidine groups is 1. The molecule has 0 bridgehead atoms. The van der Waals surface area contributed by atoms with Crippen LogP contribution in [0.2, 0.25) is 0 Å². The van der Waals surface area contributed by atoms with Crippen molar-refractivity contribution in [3.63, 3.8) is 0 Å². The zero-order valence-electron chi connectivity index (χ0n) is 13.1. The van der Waals surface area contributed by atoms with E-state index in [1.54, 1.807) is 7.05 Å². The zero-order chi connectivity index (χ0) is 16.0. The maximum Gasteiger partial charge on any atom is 0.215 e. The molecule has 0 aromatic heterocycles. The van der Waals surface area contributed by atoms with Crippen LogP contribution in [-0.2, 0) is 22.3 Å². The summed E-state index contributed by atoms with van der Waals surface area (Å²) < 4.78 is 25.3. The number of rotatable bonds is 7. The SMILES string of the molecule is CN=C(NCc1ccc(CS(=O)(=O)NC)cc1)NCC1CC1. The Kier molecular flexibility index (Phi) is 5.79. The Balaban J connectivity index is 1.82. The summed E-state index contributed by atoms with van der Waals surface area (Å²) in [5.74, 6) is 1.60. The Morgan fingerprint density at radius 3 is 2.36 bits per heavy atom. The van der Waals surface area contributed by atoms with Crippen molar-refractivity contribution in [2.75, 3.05) is 20.6 Å². The molecule has 0 aliphatic heterocycles. The van der Waals surface area contributed by atoms with E-state index in [2.05, 4.69) is 20.3 Å². The first-order valence-corrected chi connectivity index (χ1v) is 9.11. The normalized spacial score (nSPS) is 15.6. The highest BCUT2D eigenvalue weighted by Crippen LogP contribution is 2.27. The Morgan fingerprint density at radius 1 is 1.18 bits per heavy atom. The summed E-state index contributed by atoms with van der Waals surface area (Å²) in [4.78, 5) is 4.19. The van der Waals surface area contributed by atoms with Crippen molar-refractivity contribution in [1.82, 2.24) is 15.4 Å². The predicted molar refractivity (Wildman–Crippen MR) is 89.1 cm³/mol. The molecule has 22 heavy (non-hydrogen) atoms. The first kappa shape index (κ1) is 16.8. The van der Waals surface area contributed by atoms with Gasteiger partial charge in [0, 0.05) is 20.1 Å². The molecule has 1 aliphatic rings.